The lowest BCUT2D eigenvalue weighted by molar-refractivity contribution is 0.0499. The van der Waals surface area contributed by atoms with Crippen molar-refractivity contribution in [3.8, 4) is 11.3 Å². The fourth-order valence-corrected chi connectivity index (χ4v) is 5.30. The molecule has 0 aliphatic heterocycles. The molecule has 8 heteroatoms. The second-order valence-corrected chi connectivity index (χ2v) is 9.38. The monoisotopic (exact) mass is 475 g/mol. The first-order chi connectivity index (χ1) is 16.6. The minimum absolute atomic E-state index is 0.145. The summed E-state index contributed by atoms with van der Waals surface area (Å²) in [6.07, 6.45) is 9.03. The van der Waals surface area contributed by atoms with E-state index in [1.807, 2.05) is 18.2 Å². The third-order valence-corrected chi connectivity index (χ3v) is 7.13. The molecule has 1 aromatic carbocycles. The normalized spacial score (nSPS) is 13.4. The van der Waals surface area contributed by atoms with E-state index in [1.165, 1.54) is 28.5 Å². The molecule has 0 unspecified atom stereocenters. The average molecular weight is 476 g/mol. The molecule has 5 rings (SSSR count). The number of hydrogen-bond acceptors (Lipinski definition) is 7. The summed E-state index contributed by atoms with van der Waals surface area (Å²) in [5.74, 6) is 0.827. The van der Waals surface area contributed by atoms with Gasteiger partial charge in [0.25, 0.3) is 5.56 Å². The van der Waals surface area contributed by atoms with Gasteiger partial charge >= 0.3 is 5.97 Å². The molecule has 0 bridgehead atoms. The van der Waals surface area contributed by atoms with Crippen molar-refractivity contribution >= 4 is 33.7 Å². The molecule has 3 heterocycles. The van der Waals surface area contributed by atoms with Crippen LogP contribution in [0.25, 0.3) is 21.5 Å². The summed E-state index contributed by atoms with van der Waals surface area (Å²) < 4.78 is 12.4. The zero-order valence-electron chi connectivity index (χ0n) is 19.0. The molecule has 0 fully saturated rings. The number of rotatable bonds is 7. The van der Waals surface area contributed by atoms with Gasteiger partial charge in [0.1, 0.15) is 22.7 Å². The minimum atomic E-state index is -0.324. The lowest BCUT2D eigenvalue weighted by Gasteiger charge is -2.09. The maximum atomic E-state index is 13.0. The number of ether oxygens (including phenoxy) is 1. The number of fused-ring (bicyclic) bond motifs is 3. The van der Waals surface area contributed by atoms with Gasteiger partial charge in [-0.15, -0.1) is 11.3 Å². The van der Waals surface area contributed by atoms with Crippen LogP contribution < -0.4 is 5.56 Å². The second-order valence-electron chi connectivity index (χ2n) is 8.30. The summed E-state index contributed by atoms with van der Waals surface area (Å²) in [5, 5.41) is 5.00. The SMILES string of the molecule is CCCCOC(=O)c1ccc(-c2ccc(/C=N/n3cnc4sc5c(c4c3=O)CCCC5)o2)cc1. The van der Waals surface area contributed by atoms with E-state index in [4.69, 9.17) is 9.15 Å². The molecule has 0 spiro atoms. The Bertz CT molecular complexity index is 1410. The number of aromatic nitrogens is 2. The molecule has 0 saturated carbocycles. The molecule has 3 aromatic heterocycles. The summed E-state index contributed by atoms with van der Waals surface area (Å²) >= 11 is 1.62. The Kier molecular flexibility index (Phi) is 6.40. The Morgan fingerprint density at radius 2 is 2.03 bits per heavy atom. The van der Waals surface area contributed by atoms with Crippen LogP contribution >= 0.6 is 11.3 Å². The molecule has 7 nitrogen and oxygen atoms in total. The first-order valence-electron chi connectivity index (χ1n) is 11.6. The predicted octanol–water partition coefficient (Wildman–Crippen LogP) is 5.44. The molecule has 4 aromatic rings. The van der Waals surface area contributed by atoms with Crippen molar-refractivity contribution in [3.63, 3.8) is 0 Å². The van der Waals surface area contributed by atoms with Gasteiger partial charge in [-0.25, -0.2) is 9.78 Å². The van der Waals surface area contributed by atoms with E-state index in [0.717, 1.165) is 48.1 Å². The number of nitrogens with zero attached hydrogens (tertiary/aromatic N) is 3. The molecule has 174 valence electrons. The van der Waals surface area contributed by atoms with Crippen molar-refractivity contribution in [3.05, 3.63) is 74.8 Å². The van der Waals surface area contributed by atoms with E-state index in [2.05, 4.69) is 17.0 Å². The first kappa shape index (κ1) is 22.3. The van der Waals surface area contributed by atoms with Crippen LogP contribution in [0.15, 0.2) is 57.0 Å². The molecule has 0 N–H and O–H groups in total. The number of carbonyl (C=O) groups excluding carboxylic acids is 1. The highest BCUT2D eigenvalue weighted by Crippen LogP contribution is 2.33. The lowest BCUT2D eigenvalue weighted by atomic mass is 9.97. The first-order valence-corrected chi connectivity index (χ1v) is 12.4. The summed E-state index contributed by atoms with van der Waals surface area (Å²) in [6, 6.07) is 10.7. The van der Waals surface area contributed by atoms with E-state index < -0.39 is 0 Å². The van der Waals surface area contributed by atoms with E-state index in [-0.39, 0.29) is 11.5 Å². The third-order valence-electron chi connectivity index (χ3n) is 5.93. The third kappa shape index (κ3) is 4.46. The smallest absolute Gasteiger partial charge is 0.338 e. The number of carbonyl (C=O) groups is 1. The Hall–Kier alpha value is -3.52. The van der Waals surface area contributed by atoms with Gasteiger partial charge < -0.3 is 9.15 Å². The maximum absolute atomic E-state index is 13.0. The van der Waals surface area contributed by atoms with E-state index in [1.54, 1.807) is 29.5 Å². The van der Waals surface area contributed by atoms with Gasteiger partial charge in [-0.2, -0.15) is 9.78 Å². The number of aryl methyl sites for hydroxylation is 2. The second kappa shape index (κ2) is 9.77. The zero-order valence-corrected chi connectivity index (χ0v) is 19.8. The van der Waals surface area contributed by atoms with E-state index >= 15 is 0 Å². The summed E-state index contributed by atoms with van der Waals surface area (Å²) in [7, 11) is 0. The minimum Gasteiger partial charge on any atom is -0.462 e. The topological polar surface area (TPSA) is 86.7 Å². The fraction of sp³-hybridized carbons (Fsp3) is 0.308. The van der Waals surface area contributed by atoms with Gasteiger partial charge in [-0.05, 0) is 61.9 Å². The van der Waals surface area contributed by atoms with Gasteiger partial charge in [0.05, 0.1) is 23.8 Å². The number of hydrogen-bond donors (Lipinski definition) is 0. The Morgan fingerprint density at radius 3 is 2.85 bits per heavy atom. The summed E-state index contributed by atoms with van der Waals surface area (Å²) in [5.41, 5.74) is 2.33. The van der Waals surface area contributed by atoms with Crippen LogP contribution in [0.5, 0.6) is 0 Å². The van der Waals surface area contributed by atoms with Crippen LogP contribution in [0.4, 0.5) is 0 Å². The van der Waals surface area contributed by atoms with Crippen LogP contribution in [-0.4, -0.2) is 28.5 Å². The molecular weight excluding hydrogens is 450 g/mol. The van der Waals surface area contributed by atoms with Crippen molar-refractivity contribution < 1.29 is 13.9 Å². The van der Waals surface area contributed by atoms with Gasteiger partial charge in [-0.3, -0.25) is 4.79 Å². The maximum Gasteiger partial charge on any atom is 0.338 e. The van der Waals surface area contributed by atoms with Crippen LogP contribution in [0, 0.1) is 0 Å². The standard InChI is InChI=1S/C26H25N3O4S/c1-2-3-14-32-26(31)18-10-8-17(9-11-18)21-13-12-19(33-21)15-28-29-16-27-24-23(25(29)30)20-6-4-5-7-22(20)34-24/h8-13,15-16H,2-7,14H2,1H3/b28-15+. The number of esters is 1. The Balaban J connectivity index is 1.32. The predicted molar refractivity (Wildman–Crippen MR) is 133 cm³/mol. The molecule has 0 saturated heterocycles. The number of benzene rings is 1. The highest BCUT2D eigenvalue weighted by atomic mass is 32.1. The fourth-order valence-electron chi connectivity index (χ4n) is 4.08. The van der Waals surface area contributed by atoms with Gasteiger partial charge in [0.2, 0.25) is 0 Å². The highest BCUT2D eigenvalue weighted by molar-refractivity contribution is 7.18. The summed E-state index contributed by atoms with van der Waals surface area (Å²) in [4.78, 5) is 31.6. The van der Waals surface area contributed by atoms with Gasteiger partial charge in [0, 0.05) is 10.4 Å². The number of unbranched alkanes of at least 4 members (excludes halogenated alkanes) is 1. The molecule has 0 amide bonds. The van der Waals surface area contributed by atoms with E-state index in [9.17, 15) is 9.59 Å². The van der Waals surface area contributed by atoms with Gasteiger partial charge in [0.15, 0.2) is 0 Å². The van der Waals surface area contributed by atoms with E-state index in [0.29, 0.717) is 29.1 Å². The van der Waals surface area contributed by atoms with Crippen molar-refractivity contribution in [1.29, 1.82) is 0 Å². The summed E-state index contributed by atoms with van der Waals surface area (Å²) in [6.45, 7) is 2.48. The quantitative estimate of drug-likeness (QED) is 0.202. The molecular formula is C26H25N3O4S. The largest absolute Gasteiger partial charge is 0.462 e. The van der Waals surface area contributed by atoms with Crippen LogP contribution in [-0.2, 0) is 17.6 Å². The van der Waals surface area contributed by atoms with Crippen molar-refractivity contribution in [2.75, 3.05) is 6.61 Å². The number of thiophene rings is 1. The van der Waals surface area contributed by atoms with Crippen molar-refractivity contribution in [2.24, 2.45) is 5.10 Å². The highest BCUT2D eigenvalue weighted by Gasteiger charge is 2.20. The van der Waals surface area contributed by atoms with Crippen LogP contribution in [0.2, 0.25) is 0 Å². The van der Waals surface area contributed by atoms with Crippen molar-refractivity contribution in [2.45, 2.75) is 45.4 Å². The van der Waals surface area contributed by atoms with Crippen LogP contribution in [0.3, 0.4) is 0 Å². The Morgan fingerprint density at radius 1 is 1.21 bits per heavy atom. The van der Waals surface area contributed by atoms with Gasteiger partial charge in [-0.1, -0.05) is 25.5 Å². The van der Waals surface area contributed by atoms with Crippen LogP contribution in [0.1, 0.15) is 59.2 Å². The lowest BCUT2D eigenvalue weighted by Crippen LogP contribution is -2.17. The average Bonchev–Trinajstić information content (AvgIpc) is 3.49. The molecule has 1 aliphatic rings. The Labute approximate surface area is 200 Å². The van der Waals surface area contributed by atoms with Crippen molar-refractivity contribution in [1.82, 2.24) is 9.66 Å². The molecule has 0 radical (unpaired) electrons. The molecule has 1 aliphatic carbocycles. The zero-order chi connectivity index (χ0) is 23.5. The molecule has 0 atom stereocenters. The molecule has 34 heavy (non-hydrogen) atoms. The number of furan rings is 1.